The highest BCUT2D eigenvalue weighted by atomic mass is 35.5. The predicted molar refractivity (Wildman–Crippen MR) is 114 cm³/mol. The lowest BCUT2D eigenvalue weighted by molar-refractivity contribution is 0.461. The Balaban J connectivity index is 1.59. The number of fused-ring (bicyclic) bond motifs is 1. The lowest BCUT2D eigenvalue weighted by Gasteiger charge is -2.34. The topological polar surface area (TPSA) is 77.7 Å². The van der Waals surface area contributed by atoms with Gasteiger partial charge >= 0.3 is 0 Å². The van der Waals surface area contributed by atoms with Gasteiger partial charge in [-0.2, -0.15) is 5.26 Å². The van der Waals surface area contributed by atoms with Crippen molar-refractivity contribution in [3.05, 3.63) is 47.1 Å². The summed E-state index contributed by atoms with van der Waals surface area (Å²) in [6.45, 7) is 2.08. The molecule has 1 saturated heterocycles. The fourth-order valence-electron chi connectivity index (χ4n) is 4.21. The van der Waals surface area contributed by atoms with Crippen molar-refractivity contribution < 1.29 is 4.39 Å². The van der Waals surface area contributed by atoms with Gasteiger partial charge in [0.15, 0.2) is 5.82 Å². The molecule has 1 aliphatic heterocycles. The lowest BCUT2D eigenvalue weighted by atomic mass is 9.99. The molecule has 2 aromatic heterocycles. The second-order valence-corrected chi connectivity index (χ2v) is 8.22. The Labute approximate surface area is 178 Å². The molecule has 152 valence electrons. The summed E-state index contributed by atoms with van der Waals surface area (Å²) in [5, 5.41) is 13.6. The number of benzene rings is 1. The van der Waals surface area contributed by atoms with Crippen LogP contribution >= 0.6 is 11.6 Å². The van der Waals surface area contributed by atoms with Crippen molar-refractivity contribution >= 4 is 28.3 Å². The second-order valence-electron chi connectivity index (χ2n) is 7.81. The van der Waals surface area contributed by atoms with E-state index in [1.807, 2.05) is 18.2 Å². The zero-order valence-electron chi connectivity index (χ0n) is 16.3. The molecule has 8 heteroatoms. The number of nitriles is 1. The molecule has 0 spiro atoms. The Morgan fingerprint density at radius 2 is 2.13 bits per heavy atom. The number of anilines is 1. The Bertz CT molecular complexity index is 1160. The molecule has 2 fully saturated rings. The first-order valence-electron chi connectivity index (χ1n) is 10.1. The van der Waals surface area contributed by atoms with Gasteiger partial charge < -0.3 is 10.2 Å². The van der Waals surface area contributed by atoms with Crippen molar-refractivity contribution in [3.63, 3.8) is 0 Å². The van der Waals surface area contributed by atoms with E-state index >= 15 is 4.39 Å². The molecular formula is C22H20ClFN6. The second kappa shape index (κ2) is 7.78. The summed E-state index contributed by atoms with van der Waals surface area (Å²) < 4.78 is 15.6. The van der Waals surface area contributed by atoms with Crippen molar-refractivity contribution in [1.82, 2.24) is 20.3 Å². The molecule has 1 unspecified atom stereocenters. The highest BCUT2D eigenvalue weighted by Gasteiger charge is 2.30. The third kappa shape index (κ3) is 3.36. The van der Waals surface area contributed by atoms with Gasteiger partial charge in [-0.1, -0.05) is 23.7 Å². The van der Waals surface area contributed by atoms with Crippen LogP contribution in [0.4, 0.5) is 10.2 Å². The van der Waals surface area contributed by atoms with Crippen LogP contribution in [0.25, 0.3) is 22.2 Å². The molecule has 1 aliphatic carbocycles. The number of rotatable bonds is 4. The summed E-state index contributed by atoms with van der Waals surface area (Å²) in [5.74, 6) is 0.560. The Morgan fingerprint density at radius 1 is 1.27 bits per heavy atom. The lowest BCUT2D eigenvalue weighted by Crippen LogP contribution is -2.50. The molecule has 1 saturated carbocycles. The SMILES string of the molecule is N#CCC1CN(c2ncnc3c(F)c(-c4cccc(Cl)c4C4CC4)ncc23)CCN1. The van der Waals surface area contributed by atoms with E-state index in [9.17, 15) is 0 Å². The van der Waals surface area contributed by atoms with E-state index in [1.165, 1.54) is 6.33 Å². The number of hydrogen-bond acceptors (Lipinski definition) is 6. The smallest absolute Gasteiger partial charge is 0.175 e. The molecule has 3 aromatic rings. The minimum Gasteiger partial charge on any atom is -0.353 e. The molecule has 0 radical (unpaired) electrons. The summed E-state index contributed by atoms with van der Waals surface area (Å²) >= 11 is 6.44. The quantitative estimate of drug-likeness (QED) is 0.683. The van der Waals surface area contributed by atoms with Crippen molar-refractivity contribution in [2.75, 3.05) is 24.5 Å². The van der Waals surface area contributed by atoms with Gasteiger partial charge in [-0.25, -0.2) is 14.4 Å². The average molecular weight is 423 g/mol. The van der Waals surface area contributed by atoms with Crippen LogP contribution in [0.2, 0.25) is 5.02 Å². The Kier molecular flexibility index (Phi) is 4.97. The van der Waals surface area contributed by atoms with Gasteiger partial charge in [0.25, 0.3) is 0 Å². The molecule has 6 nitrogen and oxygen atoms in total. The van der Waals surface area contributed by atoms with E-state index in [0.29, 0.717) is 35.1 Å². The number of halogens is 2. The third-order valence-corrected chi connectivity index (χ3v) is 6.12. The van der Waals surface area contributed by atoms with Crippen LogP contribution in [0, 0.1) is 17.1 Å². The van der Waals surface area contributed by atoms with Crippen LogP contribution in [0.1, 0.15) is 30.7 Å². The highest BCUT2D eigenvalue weighted by molar-refractivity contribution is 6.31. The van der Waals surface area contributed by atoms with E-state index in [0.717, 1.165) is 37.1 Å². The van der Waals surface area contributed by atoms with Crippen LogP contribution in [-0.4, -0.2) is 40.6 Å². The maximum Gasteiger partial charge on any atom is 0.175 e. The number of hydrogen-bond donors (Lipinski definition) is 1. The zero-order valence-corrected chi connectivity index (χ0v) is 17.0. The van der Waals surface area contributed by atoms with E-state index in [2.05, 4.69) is 31.2 Å². The number of pyridine rings is 1. The van der Waals surface area contributed by atoms with Crippen molar-refractivity contribution in [3.8, 4) is 17.3 Å². The fraction of sp³-hybridized carbons (Fsp3) is 0.364. The van der Waals surface area contributed by atoms with Gasteiger partial charge in [0.05, 0.1) is 17.9 Å². The first-order valence-corrected chi connectivity index (χ1v) is 10.5. The summed E-state index contributed by atoms with van der Waals surface area (Å²) in [6, 6.07) is 7.81. The fourth-order valence-corrected chi connectivity index (χ4v) is 4.54. The van der Waals surface area contributed by atoms with Crippen LogP contribution in [0.5, 0.6) is 0 Å². The van der Waals surface area contributed by atoms with E-state index in [-0.39, 0.29) is 17.3 Å². The average Bonchev–Trinajstić information content (AvgIpc) is 3.59. The summed E-state index contributed by atoms with van der Waals surface area (Å²) in [7, 11) is 0. The van der Waals surface area contributed by atoms with Gasteiger partial charge in [0.1, 0.15) is 23.4 Å². The largest absolute Gasteiger partial charge is 0.353 e. The first-order chi connectivity index (χ1) is 14.7. The molecule has 1 N–H and O–H groups in total. The summed E-state index contributed by atoms with van der Waals surface area (Å²) in [4.78, 5) is 15.2. The van der Waals surface area contributed by atoms with Crippen LogP contribution in [-0.2, 0) is 0 Å². The third-order valence-electron chi connectivity index (χ3n) is 5.79. The molecule has 1 atom stereocenters. The zero-order chi connectivity index (χ0) is 20.7. The molecule has 5 rings (SSSR count). The molecule has 2 aliphatic rings. The van der Waals surface area contributed by atoms with Gasteiger partial charge in [-0.3, -0.25) is 4.98 Å². The van der Waals surface area contributed by atoms with Crippen molar-refractivity contribution in [2.24, 2.45) is 0 Å². The molecule has 0 bridgehead atoms. The molecule has 30 heavy (non-hydrogen) atoms. The summed E-state index contributed by atoms with van der Waals surface area (Å²) in [5.41, 5.74) is 2.24. The van der Waals surface area contributed by atoms with Gasteiger partial charge in [0.2, 0.25) is 0 Å². The predicted octanol–water partition coefficient (Wildman–Crippen LogP) is 4.05. The molecule has 3 heterocycles. The maximum atomic E-state index is 15.6. The number of nitrogens with one attached hydrogen (secondary N) is 1. The van der Waals surface area contributed by atoms with Gasteiger partial charge in [0, 0.05) is 42.5 Å². The molecule has 1 aromatic carbocycles. The number of piperazine rings is 1. The number of nitrogens with zero attached hydrogens (tertiary/aromatic N) is 5. The van der Waals surface area contributed by atoms with Gasteiger partial charge in [-0.15, -0.1) is 0 Å². The van der Waals surface area contributed by atoms with Crippen LogP contribution in [0.3, 0.4) is 0 Å². The van der Waals surface area contributed by atoms with Crippen LogP contribution < -0.4 is 10.2 Å². The monoisotopic (exact) mass is 422 g/mol. The van der Waals surface area contributed by atoms with Crippen molar-refractivity contribution in [1.29, 1.82) is 5.26 Å². The molecular weight excluding hydrogens is 403 g/mol. The standard InChI is InChI=1S/C22H20ClFN6/c23-17-3-1-2-15(18(17)13-4-5-13)20-19(24)21-16(10-27-20)22(29-12-28-21)30-9-8-26-14(11-30)6-7-25/h1-3,10,12-14,26H,4-6,8-9,11H2. The summed E-state index contributed by atoms with van der Waals surface area (Å²) in [6.07, 6.45) is 5.58. The first kappa shape index (κ1) is 19.2. The highest BCUT2D eigenvalue weighted by Crippen LogP contribution is 2.47. The van der Waals surface area contributed by atoms with E-state index < -0.39 is 5.82 Å². The van der Waals surface area contributed by atoms with Crippen LogP contribution in [0.15, 0.2) is 30.7 Å². The Hall–Kier alpha value is -2.82. The number of aromatic nitrogens is 3. The minimum atomic E-state index is -0.455. The van der Waals surface area contributed by atoms with Gasteiger partial charge in [-0.05, 0) is 30.4 Å². The van der Waals surface area contributed by atoms with Crippen molar-refractivity contribution in [2.45, 2.75) is 31.2 Å². The Morgan fingerprint density at radius 3 is 2.93 bits per heavy atom. The normalized spacial score (nSPS) is 19.1. The van der Waals surface area contributed by atoms with E-state index in [1.54, 1.807) is 6.20 Å². The van der Waals surface area contributed by atoms with E-state index in [4.69, 9.17) is 16.9 Å². The molecule has 0 amide bonds. The minimum absolute atomic E-state index is 0.0541. The maximum absolute atomic E-state index is 15.6.